The van der Waals surface area contributed by atoms with E-state index in [1.54, 1.807) is 12.1 Å². The molecular weight excluding hydrogens is 551 g/mol. The van der Waals surface area contributed by atoms with Gasteiger partial charge in [0.15, 0.2) is 11.5 Å². The van der Waals surface area contributed by atoms with Crippen LogP contribution in [0.3, 0.4) is 0 Å². The van der Waals surface area contributed by atoms with Crippen molar-refractivity contribution in [2.75, 3.05) is 26.2 Å². The maximum atomic E-state index is 14.8. The molecule has 0 bridgehead atoms. The second kappa shape index (κ2) is 11.6. The van der Waals surface area contributed by atoms with Gasteiger partial charge in [0.1, 0.15) is 11.5 Å². The van der Waals surface area contributed by atoms with Gasteiger partial charge in [0, 0.05) is 48.4 Å². The lowest BCUT2D eigenvalue weighted by molar-refractivity contribution is 0.220. The third kappa shape index (κ3) is 5.37. The van der Waals surface area contributed by atoms with Crippen molar-refractivity contribution >= 4 is 22.1 Å². The highest BCUT2D eigenvalue weighted by Crippen LogP contribution is 2.33. The fraction of sp³-hybridized carbons (Fsp3) is 0.314. The van der Waals surface area contributed by atoms with Gasteiger partial charge in [-0.25, -0.2) is 14.4 Å². The number of benzene rings is 2. The molecule has 0 radical (unpaired) electrons. The van der Waals surface area contributed by atoms with Gasteiger partial charge in [-0.1, -0.05) is 18.6 Å². The summed E-state index contributed by atoms with van der Waals surface area (Å²) in [6.07, 6.45) is 12.0. The van der Waals surface area contributed by atoms with Crippen molar-refractivity contribution in [1.29, 1.82) is 0 Å². The minimum atomic E-state index is -0.225. The van der Waals surface area contributed by atoms with Gasteiger partial charge in [-0.05, 0) is 105 Å². The van der Waals surface area contributed by atoms with Crippen LogP contribution in [0, 0.1) is 5.82 Å². The first-order valence-corrected chi connectivity index (χ1v) is 15.7. The molecule has 8 rings (SSSR count). The van der Waals surface area contributed by atoms with Crippen LogP contribution in [0.5, 0.6) is 0 Å². The number of piperidine rings is 1. The molecule has 0 amide bonds. The Morgan fingerprint density at radius 1 is 0.750 bits per heavy atom. The highest BCUT2D eigenvalue weighted by Gasteiger charge is 2.18. The van der Waals surface area contributed by atoms with Gasteiger partial charge in [0.05, 0.1) is 16.4 Å². The molecule has 0 saturated carbocycles. The Hall–Kier alpha value is -4.47. The van der Waals surface area contributed by atoms with Crippen molar-refractivity contribution in [1.82, 2.24) is 39.9 Å². The van der Waals surface area contributed by atoms with E-state index in [0.29, 0.717) is 11.5 Å². The summed E-state index contributed by atoms with van der Waals surface area (Å²) < 4.78 is 14.8. The fourth-order valence-corrected chi connectivity index (χ4v) is 6.83. The molecule has 0 atom stereocenters. The second-order valence-corrected chi connectivity index (χ2v) is 12.2. The number of H-pyrrole nitrogens is 2. The number of nitrogens with one attached hydrogen (secondary N) is 2. The highest BCUT2D eigenvalue weighted by atomic mass is 19.1. The van der Waals surface area contributed by atoms with E-state index in [-0.39, 0.29) is 5.82 Å². The number of rotatable bonds is 7. The summed E-state index contributed by atoms with van der Waals surface area (Å²) >= 11 is 0. The van der Waals surface area contributed by atoms with E-state index in [0.717, 1.165) is 89.2 Å². The van der Waals surface area contributed by atoms with Gasteiger partial charge < -0.3 is 4.98 Å². The molecule has 9 heteroatoms. The van der Waals surface area contributed by atoms with Crippen LogP contribution in [0.1, 0.15) is 43.2 Å². The number of pyridine rings is 2. The number of nitrogens with zero attached hydrogens (tertiary/aromatic N) is 6. The van der Waals surface area contributed by atoms with E-state index >= 15 is 0 Å². The molecule has 2 saturated heterocycles. The number of aromatic amines is 2. The lowest BCUT2D eigenvalue weighted by Gasteiger charge is -2.26. The predicted octanol–water partition coefficient (Wildman–Crippen LogP) is 6.95. The molecule has 2 N–H and O–H groups in total. The van der Waals surface area contributed by atoms with E-state index in [2.05, 4.69) is 53.1 Å². The van der Waals surface area contributed by atoms with Gasteiger partial charge in [0.25, 0.3) is 0 Å². The summed E-state index contributed by atoms with van der Waals surface area (Å²) in [7, 11) is 0. The zero-order valence-electron chi connectivity index (χ0n) is 24.7. The lowest BCUT2D eigenvalue weighted by Crippen LogP contribution is -2.29. The third-order valence-corrected chi connectivity index (χ3v) is 9.02. The van der Waals surface area contributed by atoms with Crippen molar-refractivity contribution < 1.29 is 4.39 Å². The van der Waals surface area contributed by atoms with E-state index in [4.69, 9.17) is 4.98 Å². The standard InChI is InChI=1S/C35H35FN8/c36-28-15-23(21-43-11-4-5-12-43)13-25(16-28)29-7-6-8-31-32(29)40-35(39-31)33-30-17-27(20-38-34(30)42-41-33)26-14-24(18-37-19-26)22-44-9-2-1-3-10-44/h6-8,13-20H,1-5,9-12,21-22H2,(H,39,40)(H,38,41,42). The molecule has 6 aromatic rings. The molecule has 2 aromatic carbocycles. The Morgan fingerprint density at radius 3 is 2.34 bits per heavy atom. The van der Waals surface area contributed by atoms with Gasteiger partial charge in [-0.2, -0.15) is 5.10 Å². The Morgan fingerprint density at radius 2 is 1.50 bits per heavy atom. The first-order chi connectivity index (χ1) is 21.7. The summed E-state index contributed by atoms with van der Waals surface area (Å²) in [6.45, 7) is 6.11. The topological polar surface area (TPSA) is 89.6 Å². The molecule has 2 aliphatic heterocycles. The smallest absolute Gasteiger partial charge is 0.181 e. The first-order valence-electron chi connectivity index (χ1n) is 15.7. The summed E-state index contributed by atoms with van der Waals surface area (Å²) in [5, 5.41) is 8.51. The number of aromatic nitrogens is 6. The summed E-state index contributed by atoms with van der Waals surface area (Å²) in [5.74, 6) is 0.441. The van der Waals surface area contributed by atoms with E-state index in [9.17, 15) is 4.39 Å². The second-order valence-electron chi connectivity index (χ2n) is 12.2. The Labute approximate surface area is 255 Å². The van der Waals surface area contributed by atoms with Crippen LogP contribution >= 0.6 is 0 Å². The van der Waals surface area contributed by atoms with Crippen LogP contribution in [-0.2, 0) is 13.1 Å². The van der Waals surface area contributed by atoms with Crippen LogP contribution in [0.25, 0.3) is 55.8 Å². The largest absolute Gasteiger partial charge is 0.337 e. The van der Waals surface area contributed by atoms with E-state index in [1.807, 2.05) is 36.8 Å². The number of para-hydroxylation sites is 1. The van der Waals surface area contributed by atoms with Crippen LogP contribution in [0.2, 0.25) is 0 Å². The Bertz CT molecular complexity index is 1950. The molecule has 6 heterocycles. The van der Waals surface area contributed by atoms with Gasteiger partial charge in [-0.15, -0.1) is 0 Å². The molecular formula is C35H35FN8. The molecule has 0 aliphatic carbocycles. The maximum absolute atomic E-state index is 14.8. The number of imidazole rings is 1. The van der Waals surface area contributed by atoms with Crippen LogP contribution in [0.4, 0.5) is 4.39 Å². The summed E-state index contributed by atoms with van der Waals surface area (Å²) in [6, 6.07) is 15.7. The van der Waals surface area contributed by atoms with E-state index in [1.165, 1.54) is 37.7 Å². The molecule has 0 unspecified atom stereocenters. The third-order valence-electron chi connectivity index (χ3n) is 9.02. The number of fused-ring (bicyclic) bond motifs is 2. The van der Waals surface area contributed by atoms with Crippen molar-refractivity contribution in [2.45, 2.75) is 45.2 Å². The SMILES string of the molecule is Fc1cc(CN2CCCC2)cc(-c2cccc3[nH]c(-c4[nH]nc5ncc(-c6cncc(CN7CCCCC7)c6)cc45)nc23)c1. The molecule has 44 heavy (non-hydrogen) atoms. The van der Waals surface area contributed by atoms with Crippen LogP contribution in [-0.4, -0.2) is 66.1 Å². The van der Waals surface area contributed by atoms with Gasteiger partial charge >= 0.3 is 0 Å². The lowest BCUT2D eigenvalue weighted by atomic mass is 10.0. The maximum Gasteiger partial charge on any atom is 0.181 e. The number of halogens is 1. The van der Waals surface area contributed by atoms with Crippen molar-refractivity contribution in [3.8, 4) is 33.8 Å². The minimum Gasteiger partial charge on any atom is -0.337 e. The van der Waals surface area contributed by atoms with Gasteiger partial charge in [0.2, 0.25) is 0 Å². The Balaban J connectivity index is 1.13. The van der Waals surface area contributed by atoms with Gasteiger partial charge in [-0.3, -0.25) is 19.9 Å². The van der Waals surface area contributed by atoms with Crippen LogP contribution < -0.4 is 0 Å². The zero-order valence-corrected chi connectivity index (χ0v) is 24.7. The molecule has 0 spiro atoms. The Kier molecular flexibility index (Phi) is 7.12. The average Bonchev–Trinajstić information content (AvgIpc) is 3.81. The van der Waals surface area contributed by atoms with Crippen LogP contribution in [0.15, 0.2) is 67.1 Å². The predicted molar refractivity (Wildman–Crippen MR) is 171 cm³/mol. The number of hydrogen-bond donors (Lipinski definition) is 2. The fourth-order valence-electron chi connectivity index (χ4n) is 6.83. The summed E-state index contributed by atoms with van der Waals surface area (Å²) in [4.78, 5) is 22.6. The van der Waals surface area contributed by atoms with Crippen molar-refractivity contribution in [3.05, 3.63) is 84.1 Å². The van der Waals surface area contributed by atoms with Crippen molar-refractivity contribution in [2.24, 2.45) is 0 Å². The molecule has 2 fully saturated rings. The number of likely N-dealkylation sites (tertiary alicyclic amines) is 2. The zero-order chi connectivity index (χ0) is 29.5. The number of hydrogen-bond acceptors (Lipinski definition) is 6. The molecule has 4 aromatic heterocycles. The van der Waals surface area contributed by atoms with Crippen molar-refractivity contribution in [3.63, 3.8) is 0 Å². The molecule has 2 aliphatic rings. The normalized spacial score (nSPS) is 16.4. The first kappa shape index (κ1) is 27.1. The average molecular weight is 587 g/mol. The minimum absolute atomic E-state index is 0.225. The molecule has 222 valence electrons. The van der Waals surface area contributed by atoms with E-state index < -0.39 is 0 Å². The highest BCUT2D eigenvalue weighted by molar-refractivity contribution is 5.97. The quantitative estimate of drug-likeness (QED) is 0.210. The molecule has 8 nitrogen and oxygen atoms in total. The summed E-state index contributed by atoms with van der Waals surface area (Å²) in [5.41, 5.74) is 9.00. The monoisotopic (exact) mass is 586 g/mol.